The molecule has 1 heterocycles. The molecule has 0 aliphatic carbocycles. The van der Waals surface area contributed by atoms with Crippen molar-refractivity contribution in [2.75, 3.05) is 6.61 Å². The SMILES string of the molecule is CCOC(=O)CCn1c(CCl)nc2ccc(C)cc21. The maximum Gasteiger partial charge on any atom is 0.307 e. The first-order chi connectivity index (χ1) is 9.15. The summed E-state index contributed by atoms with van der Waals surface area (Å²) in [4.78, 5) is 15.9. The van der Waals surface area contributed by atoms with Crippen LogP contribution in [-0.2, 0) is 22.0 Å². The molecule has 0 amide bonds. The molecule has 0 aliphatic rings. The Balaban J connectivity index is 2.29. The maximum absolute atomic E-state index is 11.5. The van der Waals surface area contributed by atoms with Crippen LogP contribution in [0.4, 0.5) is 0 Å². The van der Waals surface area contributed by atoms with Crippen molar-refractivity contribution in [3.8, 4) is 0 Å². The van der Waals surface area contributed by atoms with E-state index in [-0.39, 0.29) is 5.97 Å². The Morgan fingerprint density at radius 3 is 2.95 bits per heavy atom. The first-order valence-electron chi connectivity index (χ1n) is 6.33. The highest BCUT2D eigenvalue weighted by molar-refractivity contribution is 6.16. The molecule has 0 spiro atoms. The summed E-state index contributed by atoms with van der Waals surface area (Å²) in [7, 11) is 0. The third kappa shape index (κ3) is 3.07. The molecule has 0 fully saturated rings. The Kier molecular flexibility index (Phi) is 4.43. The lowest BCUT2D eigenvalue weighted by atomic mass is 10.2. The monoisotopic (exact) mass is 280 g/mol. The van der Waals surface area contributed by atoms with E-state index in [1.54, 1.807) is 6.92 Å². The van der Waals surface area contributed by atoms with Gasteiger partial charge in [-0.15, -0.1) is 11.6 Å². The van der Waals surface area contributed by atoms with E-state index in [0.29, 0.717) is 25.5 Å². The number of benzene rings is 1. The Labute approximate surface area is 117 Å². The van der Waals surface area contributed by atoms with E-state index in [9.17, 15) is 4.79 Å². The van der Waals surface area contributed by atoms with Gasteiger partial charge >= 0.3 is 5.97 Å². The topological polar surface area (TPSA) is 44.1 Å². The molecule has 1 aromatic heterocycles. The molecule has 0 unspecified atom stereocenters. The van der Waals surface area contributed by atoms with Crippen LogP contribution < -0.4 is 0 Å². The molecule has 0 saturated heterocycles. The lowest BCUT2D eigenvalue weighted by Crippen LogP contribution is -2.10. The molecule has 0 aliphatic heterocycles. The standard InChI is InChI=1S/C14H17ClN2O2/c1-3-19-14(18)6-7-17-12-8-10(2)4-5-11(12)16-13(17)9-15/h4-5,8H,3,6-7,9H2,1-2H3. The van der Waals surface area contributed by atoms with Gasteiger partial charge in [-0.1, -0.05) is 6.07 Å². The number of aromatic nitrogens is 2. The molecule has 0 saturated carbocycles. The fourth-order valence-electron chi connectivity index (χ4n) is 2.07. The summed E-state index contributed by atoms with van der Waals surface area (Å²) in [5.41, 5.74) is 3.08. The summed E-state index contributed by atoms with van der Waals surface area (Å²) in [5.74, 6) is 0.917. The summed E-state index contributed by atoms with van der Waals surface area (Å²) < 4.78 is 6.94. The van der Waals surface area contributed by atoms with Gasteiger partial charge in [-0.2, -0.15) is 0 Å². The first-order valence-corrected chi connectivity index (χ1v) is 6.86. The minimum atomic E-state index is -0.197. The number of esters is 1. The van der Waals surface area contributed by atoms with Gasteiger partial charge < -0.3 is 9.30 Å². The highest BCUT2D eigenvalue weighted by Crippen LogP contribution is 2.19. The summed E-state index contributed by atoms with van der Waals surface area (Å²) in [6, 6.07) is 6.05. The average molecular weight is 281 g/mol. The van der Waals surface area contributed by atoms with Crippen molar-refractivity contribution in [1.82, 2.24) is 9.55 Å². The zero-order valence-electron chi connectivity index (χ0n) is 11.1. The molecule has 1 aromatic carbocycles. The number of alkyl halides is 1. The molecule has 102 valence electrons. The minimum absolute atomic E-state index is 0.197. The van der Waals surface area contributed by atoms with Gasteiger partial charge in [0.2, 0.25) is 0 Å². The quantitative estimate of drug-likeness (QED) is 0.625. The number of hydrogen-bond donors (Lipinski definition) is 0. The minimum Gasteiger partial charge on any atom is -0.466 e. The second-order valence-electron chi connectivity index (χ2n) is 4.36. The van der Waals surface area contributed by atoms with Crippen molar-refractivity contribution in [3.63, 3.8) is 0 Å². The fraction of sp³-hybridized carbons (Fsp3) is 0.429. The van der Waals surface area contributed by atoms with Gasteiger partial charge in [-0.3, -0.25) is 4.79 Å². The number of carbonyl (C=O) groups is 1. The highest BCUT2D eigenvalue weighted by Gasteiger charge is 2.11. The number of imidazole rings is 1. The summed E-state index contributed by atoms with van der Waals surface area (Å²) in [5, 5.41) is 0. The third-order valence-corrected chi connectivity index (χ3v) is 3.19. The van der Waals surface area contributed by atoms with E-state index in [0.717, 1.165) is 22.4 Å². The lowest BCUT2D eigenvalue weighted by molar-refractivity contribution is -0.143. The van der Waals surface area contributed by atoms with Crippen molar-refractivity contribution < 1.29 is 9.53 Å². The average Bonchev–Trinajstić information content (AvgIpc) is 2.74. The Hall–Kier alpha value is -1.55. The van der Waals surface area contributed by atoms with Crippen molar-refractivity contribution in [2.45, 2.75) is 32.7 Å². The van der Waals surface area contributed by atoms with E-state index in [1.807, 2.05) is 23.6 Å². The predicted molar refractivity (Wildman–Crippen MR) is 75.3 cm³/mol. The summed E-state index contributed by atoms with van der Waals surface area (Å²) >= 11 is 5.92. The highest BCUT2D eigenvalue weighted by atomic mass is 35.5. The van der Waals surface area contributed by atoms with Gasteiger partial charge in [0.05, 0.1) is 29.9 Å². The van der Waals surface area contributed by atoms with E-state index < -0.39 is 0 Å². The van der Waals surface area contributed by atoms with Crippen LogP contribution in [0.15, 0.2) is 18.2 Å². The Morgan fingerprint density at radius 2 is 2.26 bits per heavy atom. The molecule has 4 nitrogen and oxygen atoms in total. The number of halogens is 1. The maximum atomic E-state index is 11.5. The molecule has 19 heavy (non-hydrogen) atoms. The van der Waals surface area contributed by atoms with Gasteiger partial charge in [0.15, 0.2) is 0 Å². The second kappa shape index (κ2) is 6.06. The van der Waals surface area contributed by atoms with Crippen LogP contribution in [-0.4, -0.2) is 22.1 Å². The van der Waals surface area contributed by atoms with Crippen LogP contribution in [0.3, 0.4) is 0 Å². The zero-order valence-corrected chi connectivity index (χ0v) is 11.9. The number of aryl methyl sites for hydroxylation is 2. The van der Waals surface area contributed by atoms with Crippen LogP contribution >= 0.6 is 11.6 Å². The summed E-state index contributed by atoms with van der Waals surface area (Å²) in [6.45, 7) is 4.78. The fourth-order valence-corrected chi connectivity index (χ4v) is 2.27. The molecule has 2 aromatic rings. The molecule has 0 N–H and O–H groups in total. The van der Waals surface area contributed by atoms with Crippen molar-refractivity contribution in [3.05, 3.63) is 29.6 Å². The Bertz CT molecular complexity index is 592. The molecular formula is C14H17ClN2O2. The second-order valence-corrected chi connectivity index (χ2v) is 4.63. The third-order valence-electron chi connectivity index (χ3n) is 2.95. The number of ether oxygens (including phenoxy) is 1. The largest absolute Gasteiger partial charge is 0.466 e. The predicted octanol–water partition coefficient (Wildman–Crippen LogP) is 3.04. The van der Waals surface area contributed by atoms with Gasteiger partial charge in [-0.05, 0) is 31.5 Å². The van der Waals surface area contributed by atoms with E-state index in [4.69, 9.17) is 16.3 Å². The van der Waals surface area contributed by atoms with Crippen molar-refractivity contribution >= 4 is 28.6 Å². The molecular weight excluding hydrogens is 264 g/mol. The number of hydrogen-bond acceptors (Lipinski definition) is 3. The van der Waals surface area contributed by atoms with Gasteiger partial charge in [-0.25, -0.2) is 4.98 Å². The van der Waals surface area contributed by atoms with Crippen molar-refractivity contribution in [2.24, 2.45) is 0 Å². The van der Waals surface area contributed by atoms with Gasteiger partial charge in [0, 0.05) is 6.54 Å². The Morgan fingerprint density at radius 1 is 1.47 bits per heavy atom. The number of rotatable bonds is 5. The molecule has 0 radical (unpaired) electrons. The van der Waals surface area contributed by atoms with Crippen LogP contribution in [0.25, 0.3) is 11.0 Å². The molecule has 0 bridgehead atoms. The number of fused-ring (bicyclic) bond motifs is 1. The van der Waals surface area contributed by atoms with Gasteiger partial charge in [0.1, 0.15) is 5.82 Å². The number of carbonyl (C=O) groups excluding carboxylic acids is 1. The summed E-state index contributed by atoms with van der Waals surface area (Å²) in [6.07, 6.45) is 0.330. The van der Waals surface area contributed by atoms with E-state index >= 15 is 0 Å². The number of nitrogens with zero attached hydrogens (tertiary/aromatic N) is 2. The van der Waals surface area contributed by atoms with Crippen LogP contribution in [0, 0.1) is 6.92 Å². The van der Waals surface area contributed by atoms with Crippen LogP contribution in [0.1, 0.15) is 24.7 Å². The normalized spacial score (nSPS) is 10.9. The van der Waals surface area contributed by atoms with E-state index in [1.165, 1.54) is 0 Å². The van der Waals surface area contributed by atoms with E-state index in [2.05, 4.69) is 11.1 Å². The first kappa shape index (κ1) is 13.9. The van der Waals surface area contributed by atoms with Gasteiger partial charge in [0.25, 0.3) is 0 Å². The smallest absolute Gasteiger partial charge is 0.307 e. The van der Waals surface area contributed by atoms with Crippen LogP contribution in [0.2, 0.25) is 0 Å². The van der Waals surface area contributed by atoms with Crippen LogP contribution in [0.5, 0.6) is 0 Å². The van der Waals surface area contributed by atoms with Crippen molar-refractivity contribution in [1.29, 1.82) is 0 Å². The molecule has 5 heteroatoms. The molecule has 2 rings (SSSR count). The molecule has 0 atom stereocenters. The zero-order chi connectivity index (χ0) is 13.8. The lowest BCUT2D eigenvalue weighted by Gasteiger charge is -2.07.